The molecule has 1 aromatic heterocycles. The van der Waals surface area contributed by atoms with Gasteiger partial charge >= 0.3 is 6.36 Å². The van der Waals surface area contributed by atoms with E-state index in [0.29, 0.717) is 29.2 Å². The Morgan fingerprint density at radius 2 is 1.81 bits per heavy atom. The minimum atomic E-state index is -4.72. The SMILES string of the molecule is FC(F)(F)Oc1ccc(-c2nc(C3(CNC4C[C@@H]4c4ccccc4)CCC3)no2)cc1. The maximum Gasteiger partial charge on any atom is 0.573 e. The molecule has 2 aliphatic rings. The Bertz CT molecular complexity index is 1030. The molecule has 2 saturated carbocycles. The van der Waals surface area contributed by atoms with Crippen LogP contribution in [-0.4, -0.2) is 29.1 Å². The van der Waals surface area contributed by atoms with Crippen LogP contribution in [0.3, 0.4) is 0 Å². The Hall–Kier alpha value is -2.87. The number of alkyl halides is 3. The number of hydrogen-bond donors (Lipinski definition) is 1. The van der Waals surface area contributed by atoms with E-state index in [1.54, 1.807) is 0 Å². The number of rotatable bonds is 7. The van der Waals surface area contributed by atoms with E-state index < -0.39 is 6.36 Å². The first-order valence-corrected chi connectivity index (χ1v) is 10.4. The third-order valence-corrected chi connectivity index (χ3v) is 6.27. The van der Waals surface area contributed by atoms with Crippen molar-refractivity contribution in [2.45, 2.75) is 49.4 Å². The smallest absolute Gasteiger partial charge is 0.406 e. The van der Waals surface area contributed by atoms with E-state index in [1.165, 1.54) is 29.8 Å². The summed E-state index contributed by atoms with van der Waals surface area (Å²) < 4.78 is 46.3. The van der Waals surface area contributed by atoms with E-state index in [1.807, 2.05) is 6.07 Å². The minimum absolute atomic E-state index is 0.148. The van der Waals surface area contributed by atoms with Crippen LogP contribution < -0.4 is 10.1 Å². The lowest BCUT2D eigenvalue weighted by atomic mass is 9.68. The molecule has 0 amide bonds. The van der Waals surface area contributed by atoms with Crippen molar-refractivity contribution in [2.75, 3.05) is 6.54 Å². The summed E-state index contributed by atoms with van der Waals surface area (Å²) in [5, 5.41) is 7.89. The highest BCUT2D eigenvalue weighted by Gasteiger charge is 2.46. The molecule has 3 aromatic rings. The normalized spacial score (nSPS) is 22.0. The molecule has 1 N–H and O–H groups in total. The molecular weight excluding hydrogens is 407 g/mol. The van der Waals surface area contributed by atoms with Gasteiger partial charge in [-0.3, -0.25) is 0 Å². The molecule has 0 spiro atoms. The molecule has 5 rings (SSSR count). The molecule has 2 atom stereocenters. The van der Waals surface area contributed by atoms with Gasteiger partial charge in [-0.1, -0.05) is 41.9 Å². The number of benzene rings is 2. The molecule has 0 bridgehead atoms. The number of nitrogens with zero attached hydrogens (tertiary/aromatic N) is 2. The summed E-state index contributed by atoms with van der Waals surface area (Å²) in [5.41, 5.74) is 1.77. The van der Waals surface area contributed by atoms with Gasteiger partial charge in [-0.15, -0.1) is 13.2 Å². The van der Waals surface area contributed by atoms with Gasteiger partial charge in [0.25, 0.3) is 5.89 Å². The van der Waals surface area contributed by atoms with E-state index in [2.05, 4.69) is 44.5 Å². The van der Waals surface area contributed by atoms with Crippen molar-refractivity contribution >= 4 is 0 Å². The highest BCUT2D eigenvalue weighted by molar-refractivity contribution is 5.54. The van der Waals surface area contributed by atoms with Crippen molar-refractivity contribution in [2.24, 2.45) is 0 Å². The molecule has 0 radical (unpaired) electrons. The first kappa shape index (κ1) is 20.1. The van der Waals surface area contributed by atoms with Crippen LogP contribution in [0.25, 0.3) is 11.5 Å². The van der Waals surface area contributed by atoms with Crippen LogP contribution in [-0.2, 0) is 5.41 Å². The fraction of sp³-hybridized carbons (Fsp3) is 0.391. The Kier molecular flexibility index (Phi) is 4.97. The molecule has 8 heteroatoms. The average Bonchev–Trinajstić information content (AvgIpc) is 3.33. The predicted molar refractivity (Wildman–Crippen MR) is 108 cm³/mol. The Morgan fingerprint density at radius 1 is 1.06 bits per heavy atom. The van der Waals surface area contributed by atoms with Gasteiger partial charge in [-0.2, -0.15) is 4.98 Å². The third kappa shape index (κ3) is 4.30. The van der Waals surface area contributed by atoms with Crippen LogP contribution in [0.4, 0.5) is 13.2 Å². The molecule has 1 unspecified atom stereocenters. The number of aromatic nitrogens is 2. The van der Waals surface area contributed by atoms with Crippen molar-refractivity contribution in [3.63, 3.8) is 0 Å². The topological polar surface area (TPSA) is 60.2 Å². The third-order valence-electron chi connectivity index (χ3n) is 6.27. The summed E-state index contributed by atoms with van der Waals surface area (Å²) in [4.78, 5) is 4.57. The monoisotopic (exact) mass is 429 g/mol. The van der Waals surface area contributed by atoms with Crippen molar-refractivity contribution in [1.29, 1.82) is 0 Å². The van der Waals surface area contributed by atoms with Gasteiger partial charge in [0.2, 0.25) is 0 Å². The van der Waals surface area contributed by atoms with Crippen LogP contribution in [0.1, 0.15) is 43.0 Å². The van der Waals surface area contributed by atoms with E-state index in [0.717, 1.165) is 32.2 Å². The maximum atomic E-state index is 12.3. The summed E-state index contributed by atoms with van der Waals surface area (Å²) in [6.07, 6.45) is -0.504. The molecule has 1 heterocycles. The standard InChI is InChI=1S/C23H22F3N3O2/c24-23(25,26)30-17-9-7-16(8-10-17)20-28-21(29-31-20)22(11-4-12-22)14-27-19-13-18(19)15-5-2-1-3-6-15/h1-3,5-10,18-19,27H,4,11-14H2/t18-,19?/m1/s1. The fourth-order valence-electron chi connectivity index (χ4n) is 4.25. The van der Waals surface area contributed by atoms with E-state index in [-0.39, 0.29) is 11.2 Å². The van der Waals surface area contributed by atoms with Crippen LogP contribution >= 0.6 is 0 Å². The van der Waals surface area contributed by atoms with E-state index in [4.69, 9.17) is 4.52 Å². The predicted octanol–water partition coefficient (Wildman–Crippen LogP) is 5.20. The lowest BCUT2D eigenvalue weighted by Gasteiger charge is -2.39. The largest absolute Gasteiger partial charge is 0.573 e. The Labute approximate surface area is 177 Å². The Morgan fingerprint density at radius 3 is 2.45 bits per heavy atom. The second-order valence-electron chi connectivity index (χ2n) is 8.37. The summed E-state index contributed by atoms with van der Waals surface area (Å²) >= 11 is 0. The molecule has 0 saturated heterocycles. The fourth-order valence-corrected chi connectivity index (χ4v) is 4.25. The van der Waals surface area contributed by atoms with Gasteiger partial charge in [-0.25, -0.2) is 0 Å². The lowest BCUT2D eigenvalue weighted by molar-refractivity contribution is -0.274. The zero-order valence-corrected chi connectivity index (χ0v) is 16.7. The van der Waals surface area contributed by atoms with Crippen LogP contribution in [0.2, 0.25) is 0 Å². The average molecular weight is 429 g/mol. The summed E-state index contributed by atoms with van der Waals surface area (Å²) in [5.74, 6) is 1.23. The second kappa shape index (κ2) is 7.67. The molecule has 31 heavy (non-hydrogen) atoms. The second-order valence-corrected chi connectivity index (χ2v) is 8.37. The van der Waals surface area contributed by atoms with Crippen molar-refractivity contribution in [1.82, 2.24) is 15.5 Å². The molecule has 0 aliphatic heterocycles. The van der Waals surface area contributed by atoms with Crippen molar-refractivity contribution < 1.29 is 22.4 Å². The molecular formula is C23H22F3N3O2. The van der Waals surface area contributed by atoms with Crippen molar-refractivity contribution in [3.8, 4) is 17.2 Å². The highest BCUT2D eigenvalue weighted by Crippen LogP contribution is 2.45. The summed E-state index contributed by atoms with van der Waals surface area (Å²) in [6.45, 7) is 0.790. The van der Waals surface area contributed by atoms with Gasteiger partial charge in [0.15, 0.2) is 5.82 Å². The van der Waals surface area contributed by atoms with Gasteiger partial charge in [0.05, 0.1) is 0 Å². The maximum absolute atomic E-state index is 12.3. The minimum Gasteiger partial charge on any atom is -0.406 e. The molecule has 162 valence electrons. The highest BCUT2D eigenvalue weighted by atomic mass is 19.4. The molecule has 5 nitrogen and oxygen atoms in total. The van der Waals surface area contributed by atoms with Gasteiger partial charge in [0, 0.05) is 29.5 Å². The zero-order chi connectivity index (χ0) is 21.5. The Balaban J connectivity index is 1.24. The van der Waals surface area contributed by atoms with E-state index in [9.17, 15) is 13.2 Å². The van der Waals surface area contributed by atoms with Crippen LogP contribution in [0.15, 0.2) is 59.1 Å². The number of hydrogen-bond acceptors (Lipinski definition) is 5. The summed E-state index contributed by atoms with van der Waals surface area (Å²) in [7, 11) is 0. The zero-order valence-electron chi connectivity index (χ0n) is 16.7. The van der Waals surface area contributed by atoms with E-state index >= 15 is 0 Å². The molecule has 2 fully saturated rings. The summed E-state index contributed by atoms with van der Waals surface area (Å²) in [6, 6.07) is 16.4. The van der Waals surface area contributed by atoms with Gasteiger partial charge in [-0.05, 0) is 49.1 Å². The van der Waals surface area contributed by atoms with Crippen molar-refractivity contribution in [3.05, 3.63) is 66.0 Å². The molecule has 2 aromatic carbocycles. The van der Waals surface area contributed by atoms with Crippen LogP contribution in [0.5, 0.6) is 5.75 Å². The quantitative estimate of drug-likeness (QED) is 0.559. The number of nitrogens with one attached hydrogen (secondary N) is 1. The number of ether oxygens (including phenoxy) is 1. The lowest BCUT2D eigenvalue weighted by Crippen LogP contribution is -2.45. The number of halogens is 3. The van der Waals surface area contributed by atoms with Crippen LogP contribution in [0, 0.1) is 0 Å². The molecule has 2 aliphatic carbocycles. The first-order valence-electron chi connectivity index (χ1n) is 10.4. The van der Waals surface area contributed by atoms with Gasteiger partial charge in [0.1, 0.15) is 5.75 Å². The van der Waals surface area contributed by atoms with Gasteiger partial charge < -0.3 is 14.6 Å². The first-order chi connectivity index (χ1) is 14.9.